The molecule has 1 aromatic carbocycles. The average Bonchev–Trinajstić information content (AvgIpc) is 3.25. The van der Waals surface area contributed by atoms with E-state index in [1.807, 2.05) is 0 Å². The first-order chi connectivity index (χ1) is 15.2. The third-order valence-electron chi connectivity index (χ3n) is 5.60. The molecule has 0 unspecified atom stereocenters. The first-order valence-corrected chi connectivity index (χ1v) is 11.8. The lowest BCUT2D eigenvalue weighted by Crippen LogP contribution is -2.45. The number of aromatic nitrogens is 2. The summed E-state index contributed by atoms with van der Waals surface area (Å²) in [6.45, 7) is 0.436. The molecule has 0 saturated carbocycles. The van der Waals surface area contributed by atoms with Crippen LogP contribution in [0.15, 0.2) is 24.3 Å². The highest BCUT2D eigenvalue weighted by Crippen LogP contribution is 2.33. The molecule has 0 atom stereocenters. The van der Waals surface area contributed by atoms with Gasteiger partial charge in [0.05, 0.1) is 35.9 Å². The number of hydrogen-bond donors (Lipinski definition) is 1. The van der Waals surface area contributed by atoms with Crippen molar-refractivity contribution in [1.82, 2.24) is 14.7 Å². The van der Waals surface area contributed by atoms with Crippen LogP contribution in [0.3, 0.4) is 0 Å². The van der Waals surface area contributed by atoms with Crippen molar-refractivity contribution in [3.05, 3.63) is 41.3 Å². The van der Waals surface area contributed by atoms with E-state index in [4.69, 9.17) is 4.74 Å². The maximum absolute atomic E-state index is 13.3. The second kappa shape index (κ2) is 8.34. The van der Waals surface area contributed by atoms with E-state index in [1.165, 1.54) is 41.0 Å². The second-order valence-corrected chi connectivity index (χ2v) is 9.80. The fraction of sp³-hybridized carbons (Fsp3) is 0.400. The Hall–Kier alpha value is -3.28. The van der Waals surface area contributed by atoms with Crippen LogP contribution < -0.4 is 5.32 Å². The van der Waals surface area contributed by atoms with Gasteiger partial charge in [-0.3, -0.25) is 14.4 Å². The molecule has 0 spiro atoms. The molecule has 12 heteroatoms. The maximum Gasteiger partial charge on any atom is 0.315 e. The summed E-state index contributed by atoms with van der Waals surface area (Å²) in [6, 6.07) is 5.28. The van der Waals surface area contributed by atoms with E-state index in [-0.39, 0.29) is 48.0 Å². The number of likely N-dealkylation sites (tertiary alicyclic amines) is 1. The smallest absolute Gasteiger partial charge is 0.315 e. The van der Waals surface area contributed by atoms with Gasteiger partial charge in [-0.1, -0.05) is 0 Å². The van der Waals surface area contributed by atoms with Gasteiger partial charge in [-0.25, -0.2) is 17.5 Å². The summed E-state index contributed by atoms with van der Waals surface area (Å²) in [5, 5.41) is 6.78. The van der Waals surface area contributed by atoms with Gasteiger partial charge in [0.1, 0.15) is 11.6 Å². The molecule has 32 heavy (non-hydrogen) atoms. The molecule has 4 rings (SSSR count). The lowest BCUT2D eigenvalue weighted by molar-refractivity contribution is -0.150. The highest BCUT2D eigenvalue weighted by atomic mass is 32.2. The molecule has 1 N–H and O–H groups in total. The highest BCUT2D eigenvalue weighted by Gasteiger charge is 2.35. The van der Waals surface area contributed by atoms with Crippen molar-refractivity contribution in [2.24, 2.45) is 5.92 Å². The number of nitrogens with zero attached hydrogens (tertiary/aromatic N) is 3. The predicted octanol–water partition coefficient (Wildman–Crippen LogP) is 0.790. The molecule has 3 heterocycles. The minimum Gasteiger partial charge on any atom is -0.469 e. The van der Waals surface area contributed by atoms with E-state index in [2.05, 4.69) is 10.4 Å². The average molecular weight is 464 g/mol. The Bertz CT molecular complexity index is 1180. The number of hydrogen-bond acceptors (Lipinski definition) is 7. The van der Waals surface area contributed by atoms with Crippen molar-refractivity contribution in [2.45, 2.75) is 24.3 Å². The molecule has 0 radical (unpaired) electrons. The number of amides is 2. The lowest BCUT2D eigenvalue weighted by atomic mass is 9.97. The number of ether oxygens (including phenoxy) is 1. The Morgan fingerprint density at radius 3 is 2.41 bits per heavy atom. The summed E-state index contributed by atoms with van der Waals surface area (Å²) in [5.41, 5.74) is 0.982. The zero-order valence-corrected chi connectivity index (χ0v) is 18.0. The fourth-order valence-electron chi connectivity index (χ4n) is 3.93. The van der Waals surface area contributed by atoms with Crippen molar-refractivity contribution in [3.8, 4) is 5.69 Å². The number of halogens is 1. The summed E-state index contributed by atoms with van der Waals surface area (Å²) in [5.74, 6) is -3.41. The monoisotopic (exact) mass is 464 g/mol. The molecule has 1 saturated heterocycles. The summed E-state index contributed by atoms with van der Waals surface area (Å²) in [6.07, 6.45) is 0.764. The van der Waals surface area contributed by atoms with Gasteiger partial charge in [-0.2, -0.15) is 5.10 Å². The van der Waals surface area contributed by atoms with E-state index in [0.717, 1.165) is 0 Å². The maximum atomic E-state index is 13.3. The van der Waals surface area contributed by atoms with Gasteiger partial charge in [-0.15, -0.1) is 0 Å². The number of nitrogens with one attached hydrogen (secondary N) is 1. The number of benzene rings is 1. The molecule has 2 amide bonds. The molecular weight excluding hydrogens is 443 g/mol. The normalized spacial score (nSPS) is 17.6. The van der Waals surface area contributed by atoms with Gasteiger partial charge in [-0.05, 0) is 37.1 Å². The topological polar surface area (TPSA) is 128 Å². The molecule has 2 aliphatic rings. The van der Waals surface area contributed by atoms with Crippen molar-refractivity contribution < 1.29 is 31.9 Å². The molecule has 170 valence electrons. The van der Waals surface area contributed by atoms with Gasteiger partial charge < -0.3 is 15.0 Å². The first-order valence-electron chi connectivity index (χ1n) is 9.93. The van der Waals surface area contributed by atoms with Crippen LogP contribution in [0.5, 0.6) is 0 Å². The van der Waals surface area contributed by atoms with Gasteiger partial charge >= 0.3 is 17.8 Å². The van der Waals surface area contributed by atoms with Crippen LogP contribution in [0.2, 0.25) is 0 Å². The van der Waals surface area contributed by atoms with Crippen LogP contribution in [-0.2, 0) is 40.5 Å². The Balaban J connectivity index is 1.56. The number of rotatable bonds is 3. The second-order valence-electron chi connectivity index (χ2n) is 7.74. The Kier molecular flexibility index (Phi) is 5.71. The van der Waals surface area contributed by atoms with Crippen molar-refractivity contribution >= 4 is 33.4 Å². The van der Waals surface area contributed by atoms with Gasteiger partial charge in [0, 0.05) is 18.7 Å². The van der Waals surface area contributed by atoms with E-state index >= 15 is 0 Å². The lowest BCUT2D eigenvalue weighted by Gasteiger charge is -2.30. The standard InChI is InChI=1S/C20H21FN4O6S/c1-31-20(28)12-6-8-24(9-7-12)19(27)18(26)22-17-15-10-32(29,30)11-16(15)23-25(17)14-4-2-13(21)3-5-14/h2-5,12H,6-11H2,1H3,(H,22,26). The van der Waals surface area contributed by atoms with Gasteiger partial charge in [0.25, 0.3) is 0 Å². The summed E-state index contributed by atoms with van der Waals surface area (Å²) in [4.78, 5) is 38.4. The van der Waals surface area contributed by atoms with E-state index < -0.39 is 27.5 Å². The molecule has 10 nitrogen and oxygen atoms in total. The number of piperidine rings is 1. The van der Waals surface area contributed by atoms with Crippen LogP contribution in [0.25, 0.3) is 5.69 Å². The highest BCUT2D eigenvalue weighted by molar-refractivity contribution is 7.90. The van der Waals surface area contributed by atoms with Gasteiger partial charge in [0.2, 0.25) is 0 Å². The van der Waals surface area contributed by atoms with E-state index in [0.29, 0.717) is 24.1 Å². The fourth-order valence-corrected chi connectivity index (χ4v) is 5.42. The van der Waals surface area contributed by atoms with Gasteiger partial charge in [0.15, 0.2) is 9.84 Å². The van der Waals surface area contributed by atoms with Crippen LogP contribution >= 0.6 is 0 Å². The van der Waals surface area contributed by atoms with Crippen LogP contribution in [0, 0.1) is 11.7 Å². The van der Waals surface area contributed by atoms with E-state index in [1.54, 1.807) is 0 Å². The molecule has 0 bridgehead atoms. The Morgan fingerprint density at radius 2 is 1.78 bits per heavy atom. The minimum absolute atomic E-state index is 0.0653. The molecule has 0 aliphatic carbocycles. The van der Waals surface area contributed by atoms with Crippen molar-refractivity contribution in [1.29, 1.82) is 0 Å². The quantitative estimate of drug-likeness (QED) is 0.525. The van der Waals surface area contributed by atoms with Crippen LogP contribution in [0.1, 0.15) is 24.1 Å². The Morgan fingerprint density at radius 1 is 1.12 bits per heavy atom. The number of fused-ring (bicyclic) bond motifs is 1. The molecule has 2 aromatic rings. The molecule has 1 aromatic heterocycles. The van der Waals surface area contributed by atoms with Crippen LogP contribution in [0.4, 0.5) is 10.2 Å². The number of anilines is 1. The third-order valence-corrected chi connectivity index (χ3v) is 7.04. The van der Waals surface area contributed by atoms with Crippen molar-refractivity contribution in [3.63, 3.8) is 0 Å². The number of sulfone groups is 1. The zero-order valence-electron chi connectivity index (χ0n) is 17.2. The molecular formula is C20H21FN4O6S. The predicted molar refractivity (Wildman–Crippen MR) is 110 cm³/mol. The summed E-state index contributed by atoms with van der Waals surface area (Å²) in [7, 11) is -2.11. The number of carbonyl (C=O) groups excluding carboxylic acids is 3. The molecule has 1 fully saturated rings. The third kappa shape index (κ3) is 4.22. The van der Waals surface area contributed by atoms with Crippen LogP contribution in [-0.4, -0.2) is 61.1 Å². The summed E-state index contributed by atoms with van der Waals surface area (Å²) < 4.78 is 43.4. The van der Waals surface area contributed by atoms with Crippen molar-refractivity contribution in [2.75, 3.05) is 25.5 Å². The first kappa shape index (κ1) is 21.9. The minimum atomic E-state index is -3.41. The summed E-state index contributed by atoms with van der Waals surface area (Å²) >= 11 is 0. The molecule has 2 aliphatic heterocycles. The largest absolute Gasteiger partial charge is 0.469 e. The Labute approximate surface area is 183 Å². The SMILES string of the molecule is COC(=O)C1CCN(C(=O)C(=O)Nc2c3c(nn2-c2ccc(F)cc2)CS(=O)(=O)C3)CC1. The zero-order chi connectivity index (χ0) is 23.0. The number of esters is 1. The van der Waals surface area contributed by atoms with E-state index in [9.17, 15) is 27.2 Å². The number of carbonyl (C=O) groups is 3. The number of methoxy groups -OCH3 is 1.